The molecule has 1 atom stereocenters. The van der Waals surface area contributed by atoms with Crippen LogP contribution in [0, 0.1) is 6.92 Å². The largest absolute Gasteiger partial charge is 0.379 e. The smallest absolute Gasteiger partial charge is 0.201 e. The Morgan fingerprint density at radius 3 is 3.12 bits per heavy atom. The first-order valence-corrected chi connectivity index (χ1v) is 5.58. The maximum Gasteiger partial charge on any atom is 0.201 e. The van der Waals surface area contributed by atoms with Crippen LogP contribution in [0.1, 0.15) is 18.0 Å². The summed E-state index contributed by atoms with van der Waals surface area (Å²) in [6.45, 7) is 3.65. The first kappa shape index (κ1) is 9.66. The highest BCUT2D eigenvalue weighted by molar-refractivity contribution is 5.81. The standard InChI is InChI=1S/C12H15N3O/c1-8-3-2-4-10-11(8)15(12(13)14-10)9-5-6-16-7-9/h2-4,9H,5-7H2,1H3,(H2,13,14). The molecule has 1 aromatic heterocycles. The average molecular weight is 217 g/mol. The summed E-state index contributed by atoms with van der Waals surface area (Å²) >= 11 is 0. The quantitative estimate of drug-likeness (QED) is 0.793. The summed E-state index contributed by atoms with van der Waals surface area (Å²) in [6, 6.07) is 6.45. The molecular weight excluding hydrogens is 202 g/mol. The van der Waals surface area contributed by atoms with Crippen molar-refractivity contribution in [2.75, 3.05) is 18.9 Å². The molecule has 0 amide bonds. The van der Waals surface area contributed by atoms with Crippen LogP contribution >= 0.6 is 0 Å². The fraction of sp³-hybridized carbons (Fsp3) is 0.417. The highest BCUT2D eigenvalue weighted by Gasteiger charge is 2.22. The van der Waals surface area contributed by atoms with Gasteiger partial charge in [-0.3, -0.25) is 0 Å². The number of nitrogens with zero attached hydrogens (tertiary/aromatic N) is 2. The minimum Gasteiger partial charge on any atom is -0.379 e. The lowest BCUT2D eigenvalue weighted by Crippen LogP contribution is -2.12. The van der Waals surface area contributed by atoms with E-state index in [0.717, 1.165) is 30.7 Å². The van der Waals surface area contributed by atoms with E-state index in [0.29, 0.717) is 12.0 Å². The van der Waals surface area contributed by atoms with Gasteiger partial charge in [0, 0.05) is 6.61 Å². The predicted octanol–water partition coefficient (Wildman–Crippen LogP) is 1.89. The molecule has 2 heterocycles. The lowest BCUT2D eigenvalue weighted by Gasteiger charge is -2.13. The van der Waals surface area contributed by atoms with Gasteiger partial charge in [-0.1, -0.05) is 12.1 Å². The molecule has 4 nitrogen and oxygen atoms in total. The Hall–Kier alpha value is -1.55. The fourth-order valence-corrected chi connectivity index (χ4v) is 2.43. The SMILES string of the molecule is Cc1cccc2nc(N)n(C3CCOC3)c12. The van der Waals surface area contributed by atoms with Crippen molar-refractivity contribution < 1.29 is 4.74 Å². The van der Waals surface area contributed by atoms with Crippen molar-refractivity contribution in [3.8, 4) is 0 Å². The first-order chi connectivity index (χ1) is 7.77. The van der Waals surface area contributed by atoms with Crippen LogP contribution in [0.3, 0.4) is 0 Å². The number of benzene rings is 1. The summed E-state index contributed by atoms with van der Waals surface area (Å²) in [4.78, 5) is 4.40. The number of imidazole rings is 1. The number of nitrogens with two attached hydrogens (primary N) is 1. The van der Waals surface area contributed by atoms with Gasteiger partial charge in [-0.05, 0) is 25.0 Å². The molecule has 1 aliphatic rings. The molecule has 4 heteroatoms. The van der Waals surface area contributed by atoms with E-state index in [1.165, 1.54) is 5.56 Å². The van der Waals surface area contributed by atoms with Crippen molar-refractivity contribution >= 4 is 17.0 Å². The molecule has 0 aliphatic carbocycles. The lowest BCUT2D eigenvalue weighted by molar-refractivity contribution is 0.187. The van der Waals surface area contributed by atoms with E-state index in [2.05, 4.69) is 22.5 Å². The highest BCUT2D eigenvalue weighted by Crippen LogP contribution is 2.29. The molecular formula is C12H15N3O. The second-order valence-electron chi connectivity index (χ2n) is 4.30. The number of hydrogen-bond acceptors (Lipinski definition) is 3. The van der Waals surface area contributed by atoms with Crippen molar-refractivity contribution in [2.45, 2.75) is 19.4 Å². The average Bonchev–Trinajstić information content (AvgIpc) is 2.84. The van der Waals surface area contributed by atoms with Crippen molar-refractivity contribution in [3.05, 3.63) is 23.8 Å². The summed E-state index contributed by atoms with van der Waals surface area (Å²) in [5, 5.41) is 0. The van der Waals surface area contributed by atoms with E-state index in [4.69, 9.17) is 10.5 Å². The Balaban J connectivity index is 2.25. The van der Waals surface area contributed by atoms with Crippen LogP contribution in [-0.2, 0) is 4.74 Å². The van der Waals surface area contributed by atoms with Crippen LogP contribution in [-0.4, -0.2) is 22.8 Å². The van der Waals surface area contributed by atoms with E-state index >= 15 is 0 Å². The second-order valence-corrected chi connectivity index (χ2v) is 4.30. The van der Waals surface area contributed by atoms with Crippen LogP contribution in [0.25, 0.3) is 11.0 Å². The van der Waals surface area contributed by atoms with E-state index < -0.39 is 0 Å². The third-order valence-corrected chi connectivity index (χ3v) is 3.21. The monoisotopic (exact) mass is 217 g/mol. The van der Waals surface area contributed by atoms with Gasteiger partial charge in [0.25, 0.3) is 0 Å². The summed E-state index contributed by atoms with van der Waals surface area (Å²) < 4.78 is 7.54. The van der Waals surface area contributed by atoms with Crippen molar-refractivity contribution in [1.82, 2.24) is 9.55 Å². The molecule has 16 heavy (non-hydrogen) atoms. The van der Waals surface area contributed by atoms with Gasteiger partial charge in [-0.25, -0.2) is 4.98 Å². The molecule has 3 rings (SSSR count). The van der Waals surface area contributed by atoms with E-state index in [9.17, 15) is 0 Å². The Labute approximate surface area is 94.0 Å². The summed E-state index contributed by atoms with van der Waals surface area (Å²) in [5.74, 6) is 0.597. The number of nitrogen functional groups attached to an aromatic ring is 1. The molecule has 1 fully saturated rings. The van der Waals surface area contributed by atoms with Gasteiger partial charge in [0.1, 0.15) is 0 Å². The zero-order chi connectivity index (χ0) is 11.1. The highest BCUT2D eigenvalue weighted by atomic mass is 16.5. The normalized spacial score (nSPS) is 20.7. The second kappa shape index (κ2) is 3.49. The van der Waals surface area contributed by atoms with Crippen LogP contribution in [0.15, 0.2) is 18.2 Å². The van der Waals surface area contributed by atoms with E-state index in [-0.39, 0.29) is 0 Å². The Bertz CT molecular complexity index is 526. The number of fused-ring (bicyclic) bond motifs is 1. The Morgan fingerprint density at radius 2 is 2.38 bits per heavy atom. The zero-order valence-electron chi connectivity index (χ0n) is 9.31. The number of para-hydroxylation sites is 1. The number of rotatable bonds is 1. The maximum absolute atomic E-state index is 6.00. The topological polar surface area (TPSA) is 53.1 Å². The van der Waals surface area contributed by atoms with Crippen LogP contribution in [0.2, 0.25) is 0 Å². The fourth-order valence-electron chi connectivity index (χ4n) is 2.43. The van der Waals surface area contributed by atoms with Crippen molar-refractivity contribution in [3.63, 3.8) is 0 Å². The molecule has 1 unspecified atom stereocenters. The molecule has 1 aliphatic heterocycles. The van der Waals surface area contributed by atoms with E-state index in [1.807, 2.05) is 12.1 Å². The molecule has 1 aromatic carbocycles. The molecule has 0 radical (unpaired) electrons. The third kappa shape index (κ3) is 1.30. The third-order valence-electron chi connectivity index (χ3n) is 3.21. The first-order valence-electron chi connectivity index (χ1n) is 5.58. The maximum atomic E-state index is 6.00. The molecule has 0 saturated carbocycles. The Kier molecular flexibility index (Phi) is 2.11. The van der Waals surface area contributed by atoms with Crippen LogP contribution in [0.5, 0.6) is 0 Å². The number of hydrogen-bond donors (Lipinski definition) is 1. The van der Waals surface area contributed by atoms with Crippen LogP contribution < -0.4 is 5.73 Å². The zero-order valence-corrected chi connectivity index (χ0v) is 9.31. The van der Waals surface area contributed by atoms with Crippen molar-refractivity contribution in [2.24, 2.45) is 0 Å². The van der Waals surface area contributed by atoms with Crippen LogP contribution in [0.4, 0.5) is 5.95 Å². The summed E-state index contributed by atoms with van der Waals surface area (Å²) in [5.41, 5.74) is 9.34. The minimum absolute atomic E-state index is 0.339. The molecule has 0 bridgehead atoms. The van der Waals surface area contributed by atoms with Gasteiger partial charge in [-0.15, -0.1) is 0 Å². The predicted molar refractivity (Wildman–Crippen MR) is 63.4 cm³/mol. The van der Waals surface area contributed by atoms with Gasteiger partial charge < -0.3 is 15.0 Å². The van der Waals surface area contributed by atoms with Gasteiger partial charge >= 0.3 is 0 Å². The van der Waals surface area contributed by atoms with Gasteiger partial charge in [0.15, 0.2) is 0 Å². The van der Waals surface area contributed by atoms with E-state index in [1.54, 1.807) is 0 Å². The molecule has 2 N–H and O–H groups in total. The molecule has 1 saturated heterocycles. The number of anilines is 1. The minimum atomic E-state index is 0.339. The number of ether oxygens (including phenoxy) is 1. The molecule has 0 spiro atoms. The molecule has 84 valence electrons. The Morgan fingerprint density at radius 1 is 1.50 bits per heavy atom. The van der Waals surface area contributed by atoms with Crippen molar-refractivity contribution in [1.29, 1.82) is 0 Å². The number of aryl methyl sites for hydroxylation is 1. The lowest BCUT2D eigenvalue weighted by atomic mass is 10.2. The van der Waals surface area contributed by atoms with Gasteiger partial charge in [0.05, 0.1) is 23.7 Å². The number of aromatic nitrogens is 2. The summed E-state index contributed by atoms with van der Waals surface area (Å²) in [6.07, 6.45) is 1.02. The molecule has 2 aromatic rings. The van der Waals surface area contributed by atoms with Gasteiger partial charge in [-0.2, -0.15) is 0 Å². The summed E-state index contributed by atoms with van der Waals surface area (Å²) in [7, 11) is 0. The van der Waals surface area contributed by atoms with Gasteiger partial charge in [0.2, 0.25) is 5.95 Å².